The number of nitrogens with one attached hydrogen (secondary N) is 1. The van der Waals surface area contributed by atoms with E-state index in [1.54, 1.807) is 19.1 Å². The average Bonchev–Trinajstić information content (AvgIpc) is 3.13. The molecule has 0 radical (unpaired) electrons. The van der Waals surface area contributed by atoms with E-state index in [1.807, 2.05) is 17.5 Å². The van der Waals surface area contributed by atoms with E-state index in [0.717, 1.165) is 11.1 Å². The Bertz CT molecular complexity index is 1080. The molecule has 0 fully saturated rings. The maximum Gasteiger partial charge on any atom is 0.305 e. The lowest BCUT2D eigenvalue weighted by Gasteiger charge is -2.08. The molecule has 0 aliphatic rings. The second-order valence-electron chi connectivity index (χ2n) is 6.27. The Labute approximate surface area is 176 Å². The number of hydrogen-bond donors (Lipinski definition) is 1. The smallest absolute Gasteiger partial charge is 0.305 e. The highest BCUT2D eigenvalue weighted by Gasteiger charge is 2.14. The number of carbonyl (C=O) groups excluding carboxylic acids is 2. The fraction of sp³-hybridized carbons (Fsp3) is 0.300. The molecule has 2 heterocycles. The van der Waals surface area contributed by atoms with Gasteiger partial charge in [0.2, 0.25) is 5.91 Å². The van der Waals surface area contributed by atoms with Crippen LogP contribution in [0.4, 0.5) is 0 Å². The average molecular weight is 434 g/mol. The number of carbonyl (C=O) groups is 2. The first-order chi connectivity index (χ1) is 14.0. The second kappa shape index (κ2) is 9.67. The normalized spacial score (nSPS) is 10.8. The van der Waals surface area contributed by atoms with Gasteiger partial charge in [-0.05, 0) is 31.0 Å². The number of hydrogen-bond acceptors (Lipinski definition) is 6. The van der Waals surface area contributed by atoms with Crippen molar-refractivity contribution < 1.29 is 14.3 Å². The van der Waals surface area contributed by atoms with E-state index >= 15 is 0 Å². The lowest BCUT2D eigenvalue weighted by atomic mass is 10.1. The first kappa shape index (κ1) is 21.0. The summed E-state index contributed by atoms with van der Waals surface area (Å²) in [5.74, 6) is -0.611. The van der Waals surface area contributed by atoms with Gasteiger partial charge in [0.1, 0.15) is 11.4 Å². The van der Waals surface area contributed by atoms with Crippen molar-refractivity contribution in [2.75, 3.05) is 13.2 Å². The Morgan fingerprint density at radius 2 is 2.03 bits per heavy atom. The Kier molecular flexibility index (Phi) is 7.00. The van der Waals surface area contributed by atoms with E-state index in [0.29, 0.717) is 34.8 Å². The van der Waals surface area contributed by atoms with Crippen molar-refractivity contribution in [2.24, 2.45) is 0 Å². The van der Waals surface area contributed by atoms with Crippen molar-refractivity contribution >= 4 is 45.0 Å². The molecule has 1 aromatic carbocycles. The molecule has 0 unspecified atom stereocenters. The van der Waals surface area contributed by atoms with Crippen LogP contribution in [0, 0.1) is 0 Å². The molecule has 1 amide bonds. The summed E-state index contributed by atoms with van der Waals surface area (Å²) in [5, 5.41) is 5.68. The van der Waals surface area contributed by atoms with Crippen LogP contribution in [-0.2, 0) is 20.9 Å². The molecule has 7 nitrogen and oxygen atoms in total. The molecule has 3 rings (SSSR count). The summed E-state index contributed by atoms with van der Waals surface area (Å²) in [5.41, 5.74) is 1.35. The van der Waals surface area contributed by atoms with Crippen LogP contribution >= 0.6 is 22.9 Å². The number of benzene rings is 1. The minimum atomic E-state index is -0.319. The number of nitrogens with zero attached hydrogens (tertiary/aromatic N) is 2. The number of thiophene rings is 1. The van der Waals surface area contributed by atoms with Crippen LogP contribution in [0.25, 0.3) is 21.3 Å². The van der Waals surface area contributed by atoms with Gasteiger partial charge in [0.05, 0.1) is 18.3 Å². The number of amides is 1. The van der Waals surface area contributed by atoms with Gasteiger partial charge in [0.25, 0.3) is 5.56 Å². The van der Waals surface area contributed by atoms with Crippen LogP contribution in [0.3, 0.4) is 0 Å². The van der Waals surface area contributed by atoms with E-state index in [9.17, 15) is 14.4 Å². The third-order valence-electron chi connectivity index (χ3n) is 4.22. The second-order valence-corrected chi connectivity index (χ2v) is 7.57. The van der Waals surface area contributed by atoms with Gasteiger partial charge in [-0.25, -0.2) is 4.98 Å². The summed E-state index contributed by atoms with van der Waals surface area (Å²) < 4.78 is 6.12. The molecule has 1 N–H and O–H groups in total. The highest BCUT2D eigenvalue weighted by Crippen LogP contribution is 2.31. The molecule has 9 heteroatoms. The zero-order valence-electron chi connectivity index (χ0n) is 15.8. The van der Waals surface area contributed by atoms with Crippen LogP contribution in [-0.4, -0.2) is 34.6 Å². The number of ether oxygens (including phenoxy) is 1. The van der Waals surface area contributed by atoms with Crippen molar-refractivity contribution in [3.05, 3.63) is 51.3 Å². The van der Waals surface area contributed by atoms with Crippen LogP contribution in [0.5, 0.6) is 0 Å². The number of rotatable bonds is 8. The van der Waals surface area contributed by atoms with Gasteiger partial charge in [-0.3, -0.25) is 19.0 Å². The molecule has 0 saturated carbocycles. The minimum Gasteiger partial charge on any atom is -0.466 e. The first-order valence-corrected chi connectivity index (χ1v) is 10.4. The number of fused-ring (bicyclic) bond motifs is 1. The Morgan fingerprint density at radius 1 is 1.28 bits per heavy atom. The van der Waals surface area contributed by atoms with Gasteiger partial charge in [0, 0.05) is 28.9 Å². The predicted molar refractivity (Wildman–Crippen MR) is 113 cm³/mol. The van der Waals surface area contributed by atoms with E-state index in [1.165, 1.54) is 22.2 Å². The Balaban J connectivity index is 1.70. The van der Waals surface area contributed by atoms with Crippen LogP contribution in [0.2, 0.25) is 5.02 Å². The predicted octanol–water partition coefficient (Wildman–Crippen LogP) is 3.24. The molecular formula is C20H20ClN3O4S. The number of halogens is 1. The summed E-state index contributed by atoms with van der Waals surface area (Å²) >= 11 is 7.32. The zero-order valence-corrected chi connectivity index (χ0v) is 17.4. The highest BCUT2D eigenvalue weighted by molar-refractivity contribution is 7.17. The van der Waals surface area contributed by atoms with Gasteiger partial charge < -0.3 is 10.1 Å². The van der Waals surface area contributed by atoms with Gasteiger partial charge in [-0.1, -0.05) is 23.7 Å². The Morgan fingerprint density at radius 3 is 2.76 bits per heavy atom. The monoisotopic (exact) mass is 433 g/mol. The molecular weight excluding hydrogens is 414 g/mol. The Hall–Kier alpha value is -2.71. The van der Waals surface area contributed by atoms with Gasteiger partial charge in [-0.2, -0.15) is 0 Å². The largest absolute Gasteiger partial charge is 0.466 e. The molecule has 0 atom stereocenters. The number of aromatic nitrogens is 2. The van der Waals surface area contributed by atoms with Gasteiger partial charge in [-0.15, -0.1) is 11.3 Å². The van der Waals surface area contributed by atoms with Crippen molar-refractivity contribution in [3.8, 4) is 11.1 Å². The summed E-state index contributed by atoms with van der Waals surface area (Å²) in [6.07, 6.45) is 2.09. The summed E-state index contributed by atoms with van der Waals surface area (Å²) in [6, 6.07) is 7.21. The molecule has 3 aromatic rings. The van der Waals surface area contributed by atoms with E-state index in [2.05, 4.69) is 10.3 Å². The van der Waals surface area contributed by atoms with Crippen molar-refractivity contribution in [1.82, 2.24) is 14.9 Å². The fourth-order valence-electron chi connectivity index (χ4n) is 2.83. The molecule has 152 valence electrons. The minimum absolute atomic E-state index is 0.142. The SMILES string of the molecule is CCOC(=O)CCCNC(=O)Cn1cnc2scc(-c3ccc(Cl)cc3)c2c1=O. The van der Waals surface area contributed by atoms with Gasteiger partial charge >= 0.3 is 5.97 Å². The van der Waals surface area contributed by atoms with Crippen LogP contribution in [0.1, 0.15) is 19.8 Å². The topological polar surface area (TPSA) is 90.3 Å². The maximum absolute atomic E-state index is 12.9. The van der Waals surface area contributed by atoms with Crippen molar-refractivity contribution in [2.45, 2.75) is 26.3 Å². The molecule has 0 bridgehead atoms. The molecule has 2 aromatic heterocycles. The van der Waals surface area contributed by atoms with E-state index in [4.69, 9.17) is 16.3 Å². The van der Waals surface area contributed by atoms with Gasteiger partial charge in [0.15, 0.2) is 0 Å². The molecule has 0 spiro atoms. The van der Waals surface area contributed by atoms with Crippen LogP contribution in [0.15, 0.2) is 40.8 Å². The summed E-state index contributed by atoms with van der Waals surface area (Å²) in [4.78, 5) is 41.3. The third kappa shape index (κ3) is 5.21. The quantitative estimate of drug-likeness (QED) is 0.435. The molecule has 29 heavy (non-hydrogen) atoms. The highest BCUT2D eigenvalue weighted by atomic mass is 35.5. The van der Waals surface area contributed by atoms with Crippen molar-refractivity contribution in [3.63, 3.8) is 0 Å². The lowest BCUT2D eigenvalue weighted by molar-refractivity contribution is -0.143. The van der Waals surface area contributed by atoms with Crippen LogP contribution < -0.4 is 10.9 Å². The lowest BCUT2D eigenvalue weighted by Crippen LogP contribution is -2.33. The van der Waals surface area contributed by atoms with Crippen molar-refractivity contribution in [1.29, 1.82) is 0 Å². The maximum atomic E-state index is 12.9. The molecule has 0 aliphatic heterocycles. The molecule has 0 saturated heterocycles. The molecule has 0 aliphatic carbocycles. The fourth-order valence-corrected chi connectivity index (χ4v) is 3.86. The summed E-state index contributed by atoms with van der Waals surface area (Å²) in [7, 11) is 0. The van der Waals surface area contributed by atoms with E-state index in [-0.39, 0.29) is 30.4 Å². The zero-order chi connectivity index (χ0) is 20.8. The third-order valence-corrected chi connectivity index (χ3v) is 5.35. The van der Waals surface area contributed by atoms with E-state index < -0.39 is 0 Å². The first-order valence-electron chi connectivity index (χ1n) is 9.14. The number of esters is 1. The summed E-state index contributed by atoms with van der Waals surface area (Å²) in [6.45, 7) is 2.27. The standard InChI is InChI=1S/C20H20ClN3O4S/c1-2-28-17(26)4-3-9-22-16(25)10-24-12-23-19-18(20(24)27)15(11-29-19)13-5-7-14(21)8-6-13/h5-8,11-12H,2-4,9-10H2,1H3,(H,22,25).